The highest BCUT2D eigenvalue weighted by atomic mass is 32.2. The topological polar surface area (TPSA) is 92.3 Å². The van der Waals surface area contributed by atoms with Crippen molar-refractivity contribution >= 4 is 21.7 Å². The third kappa shape index (κ3) is 7.23. The van der Waals surface area contributed by atoms with Gasteiger partial charge in [-0.2, -0.15) is 0 Å². The molecule has 0 aliphatic carbocycles. The fourth-order valence-corrected chi connectivity index (χ4v) is 6.30. The number of carbonyl (C=O) groups is 1. The van der Waals surface area contributed by atoms with Crippen LogP contribution in [0.15, 0.2) is 83.8 Å². The highest BCUT2D eigenvalue weighted by molar-refractivity contribution is 7.90. The highest BCUT2D eigenvalue weighted by Crippen LogP contribution is 2.35. The molecule has 0 saturated carbocycles. The van der Waals surface area contributed by atoms with Crippen LogP contribution >= 0.6 is 0 Å². The van der Waals surface area contributed by atoms with Gasteiger partial charge in [0.2, 0.25) is 5.91 Å². The van der Waals surface area contributed by atoms with Gasteiger partial charge in [0.25, 0.3) is 10.0 Å². The number of hydrogen-bond donors (Lipinski definition) is 1. The standard InChI is InChI=1S/C34H38N4O3S/c1-25-15-19-27(20-16-25)32-33(28-21-17-26(2)18-22-28)36-34-30(35-32)13-10-24-38(34)23-9-4-3-8-14-31(39)37-42(40,41)29-11-6-5-7-12-29/h5-7,11-12,15-22H,3-4,8-10,13-14,23-24H2,1-2H3,(H,37,39). The maximum absolute atomic E-state index is 12.3. The minimum atomic E-state index is -3.82. The molecule has 218 valence electrons. The third-order valence-corrected chi connectivity index (χ3v) is 9.01. The Morgan fingerprint density at radius 2 is 1.38 bits per heavy atom. The molecule has 1 aromatic heterocycles. The number of aromatic nitrogens is 2. The van der Waals surface area contributed by atoms with Gasteiger partial charge in [0.05, 0.1) is 22.0 Å². The molecule has 0 saturated heterocycles. The monoisotopic (exact) mass is 582 g/mol. The largest absolute Gasteiger partial charge is 0.355 e. The molecule has 1 aliphatic rings. The van der Waals surface area contributed by atoms with E-state index in [0.717, 1.165) is 79.2 Å². The first-order valence-corrected chi connectivity index (χ1v) is 16.2. The molecule has 1 amide bonds. The summed E-state index contributed by atoms with van der Waals surface area (Å²) in [6, 6.07) is 24.9. The molecule has 8 heteroatoms. The minimum Gasteiger partial charge on any atom is -0.355 e. The molecule has 2 heterocycles. The van der Waals surface area contributed by atoms with Crippen molar-refractivity contribution in [3.8, 4) is 22.5 Å². The zero-order chi connectivity index (χ0) is 29.5. The van der Waals surface area contributed by atoms with Gasteiger partial charge in [-0.25, -0.2) is 23.1 Å². The van der Waals surface area contributed by atoms with Gasteiger partial charge in [0, 0.05) is 30.6 Å². The number of benzene rings is 3. The summed E-state index contributed by atoms with van der Waals surface area (Å²) in [5.41, 5.74) is 7.43. The van der Waals surface area contributed by atoms with Crippen molar-refractivity contribution in [1.82, 2.24) is 14.7 Å². The molecule has 42 heavy (non-hydrogen) atoms. The molecule has 0 radical (unpaired) electrons. The van der Waals surface area contributed by atoms with Gasteiger partial charge < -0.3 is 4.90 Å². The smallest absolute Gasteiger partial charge is 0.264 e. The lowest BCUT2D eigenvalue weighted by atomic mass is 10.0. The van der Waals surface area contributed by atoms with Gasteiger partial charge in [0.15, 0.2) is 5.82 Å². The van der Waals surface area contributed by atoms with Gasteiger partial charge in [-0.15, -0.1) is 0 Å². The summed E-state index contributed by atoms with van der Waals surface area (Å²) in [5.74, 6) is 0.505. The second-order valence-corrected chi connectivity index (χ2v) is 12.7. The summed E-state index contributed by atoms with van der Waals surface area (Å²) in [6.07, 6.45) is 5.54. The summed E-state index contributed by atoms with van der Waals surface area (Å²) < 4.78 is 26.9. The van der Waals surface area contributed by atoms with Crippen LogP contribution in [0.5, 0.6) is 0 Å². The van der Waals surface area contributed by atoms with Gasteiger partial charge in [-0.05, 0) is 51.7 Å². The van der Waals surface area contributed by atoms with Crippen LogP contribution in [0, 0.1) is 13.8 Å². The number of rotatable bonds is 11. The average Bonchev–Trinajstić information content (AvgIpc) is 2.99. The van der Waals surface area contributed by atoms with Gasteiger partial charge >= 0.3 is 0 Å². The van der Waals surface area contributed by atoms with Crippen LogP contribution in [-0.2, 0) is 21.2 Å². The Hall–Kier alpha value is -4.04. The molecule has 7 nitrogen and oxygen atoms in total. The number of amides is 1. The molecular weight excluding hydrogens is 544 g/mol. The Bertz CT molecular complexity index is 1620. The Morgan fingerprint density at radius 3 is 2.02 bits per heavy atom. The van der Waals surface area contributed by atoms with Crippen molar-refractivity contribution in [3.05, 3.63) is 95.7 Å². The first-order chi connectivity index (χ1) is 20.3. The lowest BCUT2D eigenvalue weighted by molar-refractivity contribution is -0.119. The summed E-state index contributed by atoms with van der Waals surface area (Å²) in [7, 11) is -3.82. The lowest BCUT2D eigenvalue weighted by Gasteiger charge is -2.30. The fourth-order valence-electron chi connectivity index (χ4n) is 5.27. The summed E-state index contributed by atoms with van der Waals surface area (Å²) >= 11 is 0. The van der Waals surface area contributed by atoms with E-state index in [1.54, 1.807) is 18.2 Å². The van der Waals surface area contributed by atoms with Crippen LogP contribution in [0.3, 0.4) is 0 Å². The molecule has 5 rings (SSSR count). The van der Waals surface area contributed by atoms with Crippen LogP contribution in [0.4, 0.5) is 5.82 Å². The van der Waals surface area contributed by atoms with E-state index < -0.39 is 15.9 Å². The van der Waals surface area contributed by atoms with Crippen molar-refractivity contribution in [2.24, 2.45) is 0 Å². The second-order valence-electron chi connectivity index (χ2n) is 11.0. The van der Waals surface area contributed by atoms with Crippen LogP contribution < -0.4 is 9.62 Å². The lowest BCUT2D eigenvalue weighted by Crippen LogP contribution is -2.32. The van der Waals surface area contributed by atoms with E-state index in [1.807, 2.05) is 0 Å². The number of hydrogen-bond acceptors (Lipinski definition) is 6. The number of anilines is 1. The Labute approximate surface area is 249 Å². The molecule has 0 unspecified atom stereocenters. The number of sulfonamides is 1. The second kappa shape index (κ2) is 13.3. The molecule has 0 atom stereocenters. The van der Waals surface area contributed by atoms with E-state index in [2.05, 4.69) is 72.0 Å². The van der Waals surface area contributed by atoms with Crippen LogP contribution in [0.2, 0.25) is 0 Å². The molecule has 0 fully saturated rings. The maximum atomic E-state index is 12.3. The van der Waals surface area contributed by atoms with Crippen molar-refractivity contribution in [3.63, 3.8) is 0 Å². The van der Waals surface area contributed by atoms with E-state index in [0.29, 0.717) is 6.42 Å². The van der Waals surface area contributed by atoms with Crippen molar-refractivity contribution in [1.29, 1.82) is 0 Å². The first kappa shape index (κ1) is 29.5. The Kier molecular flexibility index (Phi) is 9.32. The summed E-state index contributed by atoms with van der Waals surface area (Å²) in [5, 5.41) is 0. The molecule has 3 aromatic carbocycles. The number of unbranched alkanes of at least 4 members (excludes halogenated alkanes) is 3. The highest BCUT2D eigenvalue weighted by Gasteiger charge is 2.24. The zero-order valence-electron chi connectivity index (χ0n) is 24.3. The van der Waals surface area contributed by atoms with Crippen molar-refractivity contribution < 1.29 is 13.2 Å². The Balaban J connectivity index is 1.21. The van der Waals surface area contributed by atoms with E-state index in [1.165, 1.54) is 23.3 Å². The quantitative estimate of drug-likeness (QED) is 0.200. The molecule has 0 bridgehead atoms. The van der Waals surface area contributed by atoms with Gasteiger partial charge in [-0.1, -0.05) is 90.7 Å². The number of fused-ring (bicyclic) bond motifs is 1. The van der Waals surface area contributed by atoms with E-state index in [4.69, 9.17) is 9.97 Å². The number of nitrogens with zero attached hydrogens (tertiary/aromatic N) is 3. The van der Waals surface area contributed by atoms with Crippen molar-refractivity contribution in [2.45, 2.75) is 63.7 Å². The number of aryl methyl sites for hydroxylation is 3. The van der Waals surface area contributed by atoms with E-state index >= 15 is 0 Å². The predicted molar refractivity (Wildman–Crippen MR) is 168 cm³/mol. The zero-order valence-corrected chi connectivity index (χ0v) is 25.2. The molecule has 0 spiro atoms. The fraction of sp³-hybridized carbons (Fsp3) is 0.324. The molecular formula is C34H38N4O3S. The molecule has 1 N–H and O–H groups in total. The number of carbonyl (C=O) groups excluding carboxylic acids is 1. The van der Waals surface area contributed by atoms with E-state index in [-0.39, 0.29) is 11.3 Å². The van der Waals surface area contributed by atoms with Gasteiger partial charge in [0.1, 0.15) is 0 Å². The SMILES string of the molecule is Cc1ccc(-c2nc3c(nc2-c2ccc(C)cc2)N(CCCCCCC(=O)NS(=O)(=O)c2ccccc2)CCC3)cc1. The maximum Gasteiger partial charge on any atom is 0.264 e. The molecule has 1 aliphatic heterocycles. The summed E-state index contributed by atoms with van der Waals surface area (Å²) in [4.78, 5) is 25.1. The normalized spacial score (nSPS) is 13.0. The van der Waals surface area contributed by atoms with Crippen LogP contribution in [0.1, 0.15) is 55.3 Å². The molecule has 4 aromatic rings. The van der Waals surface area contributed by atoms with Gasteiger partial charge in [-0.3, -0.25) is 4.79 Å². The average molecular weight is 583 g/mol. The minimum absolute atomic E-state index is 0.0970. The third-order valence-electron chi connectivity index (χ3n) is 7.62. The van der Waals surface area contributed by atoms with Crippen LogP contribution in [-0.4, -0.2) is 37.4 Å². The first-order valence-electron chi connectivity index (χ1n) is 14.7. The predicted octanol–water partition coefficient (Wildman–Crippen LogP) is 6.64. The van der Waals surface area contributed by atoms with E-state index in [9.17, 15) is 13.2 Å². The van der Waals surface area contributed by atoms with Crippen LogP contribution in [0.25, 0.3) is 22.5 Å². The van der Waals surface area contributed by atoms with Crippen molar-refractivity contribution in [2.75, 3.05) is 18.0 Å². The Morgan fingerprint density at radius 1 is 0.786 bits per heavy atom. The summed E-state index contributed by atoms with van der Waals surface area (Å²) in [6.45, 7) is 5.99. The number of nitrogens with one attached hydrogen (secondary N) is 1.